The first-order valence-electron chi connectivity index (χ1n) is 6.85. The Kier molecular flexibility index (Phi) is 6.94. The van der Waals surface area contributed by atoms with Crippen molar-refractivity contribution in [3.05, 3.63) is 34.9 Å². The van der Waals surface area contributed by atoms with Crippen LogP contribution in [0.25, 0.3) is 0 Å². The lowest BCUT2D eigenvalue weighted by molar-refractivity contribution is -0.146. The highest BCUT2D eigenvalue weighted by atomic mass is 35.5. The number of nitrogens with two attached hydrogens (primary N) is 1. The van der Waals surface area contributed by atoms with E-state index in [9.17, 15) is 4.79 Å². The van der Waals surface area contributed by atoms with Gasteiger partial charge in [0.05, 0.1) is 5.41 Å². The first-order chi connectivity index (χ1) is 9.57. The van der Waals surface area contributed by atoms with Gasteiger partial charge in [-0.05, 0) is 30.5 Å². The molecule has 0 spiro atoms. The van der Waals surface area contributed by atoms with Crippen molar-refractivity contribution in [1.82, 2.24) is 4.90 Å². The van der Waals surface area contributed by atoms with Gasteiger partial charge in [-0.15, -0.1) is 12.4 Å². The van der Waals surface area contributed by atoms with Gasteiger partial charge in [0.15, 0.2) is 0 Å². The Morgan fingerprint density at radius 2 is 1.90 bits per heavy atom. The molecule has 0 aromatic heterocycles. The number of benzene rings is 1. The monoisotopic (exact) mass is 332 g/mol. The third-order valence-electron chi connectivity index (χ3n) is 3.97. The lowest BCUT2D eigenvalue weighted by atomic mass is 9.79. The van der Waals surface area contributed by atoms with Crippen molar-refractivity contribution in [3.63, 3.8) is 0 Å². The molecule has 2 N–H and O–H groups in total. The average Bonchev–Trinajstić information content (AvgIpc) is 2.49. The minimum absolute atomic E-state index is 0. The number of halogens is 2. The molecule has 1 aromatic carbocycles. The Bertz CT molecular complexity index is 459. The van der Waals surface area contributed by atoms with E-state index in [1.165, 1.54) is 0 Å². The summed E-state index contributed by atoms with van der Waals surface area (Å²) in [6.07, 6.45) is 1.40. The summed E-state index contributed by atoms with van der Waals surface area (Å²) >= 11 is 5.87. The molecule has 0 aliphatic carbocycles. The van der Waals surface area contributed by atoms with Gasteiger partial charge in [-0.1, -0.05) is 23.7 Å². The van der Waals surface area contributed by atoms with Crippen molar-refractivity contribution in [2.24, 2.45) is 11.1 Å². The van der Waals surface area contributed by atoms with Gasteiger partial charge in [0.25, 0.3) is 0 Å². The average molecular weight is 333 g/mol. The smallest absolute Gasteiger partial charge is 0.230 e. The quantitative estimate of drug-likeness (QED) is 0.921. The maximum Gasteiger partial charge on any atom is 0.230 e. The largest absolute Gasteiger partial charge is 0.381 e. The van der Waals surface area contributed by atoms with Gasteiger partial charge in [0.2, 0.25) is 5.91 Å². The van der Waals surface area contributed by atoms with E-state index in [0.717, 1.165) is 5.56 Å². The second kappa shape index (κ2) is 7.99. The van der Waals surface area contributed by atoms with Gasteiger partial charge in [-0.25, -0.2) is 0 Å². The summed E-state index contributed by atoms with van der Waals surface area (Å²) in [4.78, 5) is 14.4. The zero-order chi connectivity index (χ0) is 14.6. The Hall–Kier alpha value is -0.810. The predicted octanol–water partition coefficient (Wildman–Crippen LogP) is 2.48. The fourth-order valence-corrected chi connectivity index (χ4v) is 2.73. The van der Waals surface area contributed by atoms with Crippen molar-refractivity contribution in [2.75, 3.05) is 26.8 Å². The fourth-order valence-electron chi connectivity index (χ4n) is 2.61. The molecule has 2 rings (SSSR count). The van der Waals surface area contributed by atoms with Crippen LogP contribution in [0.4, 0.5) is 0 Å². The summed E-state index contributed by atoms with van der Waals surface area (Å²) < 4.78 is 5.35. The maximum absolute atomic E-state index is 12.7. The number of carbonyl (C=O) groups is 1. The van der Waals surface area contributed by atoms with E-state index in [2.05, 4.69) is 0 Å². The van der Waals surface area contributed by atoms with E-state index in [1.54, 1.807) is 4.90 Å². The van der Waals surface area contributed by atoms with Crippen LogP contribution in [0.1, 0.15) is 18.4 Å². The molecule has 1 amide bonds. The molecular formula is C15H22Cl2N2O2. The summed E-state index contributed by atoms with van der Waals surface area (Å²) in [6, 6.07) is 7.54. The number of nitrogens with zero attached hydrogens (tertiary/aromatic N) is 1. The highest BCUT2D eigenvalue weighted by Crippen LogP contribution is 2.31. The van der Waals surface area contributed by atoms with Crippen molar-refractivity contribution < 1.29 is 9.53 Å². The van der Waals surface area contributed by atoms with Gasteiger partial charge < -0.3 is 15.4 Å². The second-order valence-corrected chi connectivity index (χ2v) is 5.82. The van der Waals surface area contributed by atoms with Crippen molar-refractivity contribution in [2.45, 2.75) is 19.4 Å². The van der Waals surface area contributed by atoms with E-state index < -0.39 is 5.41 Å². The van der Waals surface area contributed by atoms with E-state index in [4.69, 9.17) is 22.1 Å². The third kappa shape index (κ3) is 4.33. The predicted molar refractivity (Wildman–Crippen MR) is 86.7 cm³/mol. The molecule has 1 heterocycles. The lowest BCUT2D eigenvalue weighted by Crippen LogP contribution is -2.49. The molecule has 1 fully saturated rings. The van der Waals surface area contributed by atoms with Gasteiger partial charge in [-0.2, -0.15) is 0 Å². The van der Waals surface area contributed by atoms with Crippen molar-refractivity contribution >= 4 is 29.9 Å². The van der Waals surface area contributed by atoms with Crippen LogP contribution in [0.2, 0.25) is 5.02 Å². The van der Waals surface area contributed by atoms with E-state index in [0.29, 0.717) is 44.2 Å². The van der Waals surface area contributed by atoms with Crippen LogP contribution in [0.15, 0.2) is 24.3 Å². The second-order valence-electron chi connectivity index (χ2n) is 5.38. The summed E-state index contributed by atoms with van der Waals surface area (Å²) in [5.74, 6) is 0.109. The molecule has 118 valence electrons. The number of carbonyl (C=O) groups excluding carboxylic acids is 1. The highest BCUT2D eigenvalue weighted by Gasteiger charge is 2.40. The molecule has 4 nitrogen and oxygen atoms in total. The van der Waals surface area contributed by atoms with Crippen LogP contribution in [-0.4, -0.2) is 37.6 Å². The number of hydrogen-bond donors (Lipinski definition) is 1. The lowest BCUT2D eigenvalue weighted by Gasteiger charge is -2.37. The van der Waals surface area contributed by atoms with Crippen LogP contribution >= 0.6 is 24.0 Å². The molecule has 1 aromatic rings. The normalized spacial score (nSPS) is 16.9. The molecule has 1 aliphatic heterocycles. The number of hydrogen-bond acceptors (Lipinski definition) is 3. The SMILES string of the molecule is CN(Cc1ccc(Cl)cc1)C(=O)C1(CN)CCOCC1.Cl. The molecule has 0 unspecified atom stereocenters. The molecule has 0 radical (unpaired) electrons. The number of ether oxygens (including phenoxy) is 1. The Balaban J connectivity index is 0.00000220. The first kappa shape index (κ1) is 18.2. The highest BCUT2D eigenvalue weighted by molar-refractivity contribution is 6.30. The zero-order valence-electron chi connectivity index (χ0n) is 12.2. The molecule has 1 saturated heterocycles. The minimum Gasteiger partial charge on any atom is -0.381 e. The summed E-state index contributed by atoms with van der Waals surface area (Å²) in [6.45, 7) is 2.16. The van der Waals surface area contributed by atoms with Crippen LogP contribution in [0.5, 0.6) is 0 Å². The van der Waals surface area contributed by atoms with Gasteiger partial charge in [0, 0.05) is 38.4 Å². The molecule has 0 atom stereocenters. The molecular weight excluding hydrogens is 311 g/mol. The minimum atomic E-state index is -0.459. The Labute approximate surface area is 137 Å². The summed E-state index contributed by atoms with van der Waals surface area (Å²) in [5, 5.41) is 0.700. The van der Waals surface area contributed by atoms with Gasteiger partial charge in [0.1, 0.15) is 0 Å². The van der Waals surface area contributed by atoms with Gasteiger partial charge >= 0.3 is 0 Å². The molecule has 6 heteroatoms. The van der Waals surface area contributed by atoms with Crippen LogP contribution in [-0.2, 0) is 16.1 Å². The Morgan fingerprint density at radius 3 is 2.43 bits per heavy atom. The fraction of sp³-hybridized carbons (Fsp3) is 0.533. The van der Waals surface area contributed by atoms with Gasteiger partial charge in [-0.3, -0.25) is 4.79 Å². The standard InChI is InChI=1S/C15H21ClN2O2.ClH/c1-18(10-12-2-4-13(16)5-3-12)14(19)15(11-17)6-8-20-9-7-15;/h2-5H,6-11,17H2,1H3;1H. The van der Waals surface area contributed by atoms with E-state index in [-0.39, 0.29) is 18.3 Å². The van der Waals surface area contributed by atoms with Crippen LogP contribution < -0.4 is 5.73 Å². The number of rotatable bonds is 4. The van der Waals surface area contributed by atoms with Crippen LogP contribution in [0.3, 0.4) is 0 Å². The van der Waals surface area contributed by atoms with Crippen LogP contribution in [0, 0.1) is 5.41 Å². The maximum atomic E-state index is 12.7. The third-order valence-corrected chi connectivity index (χ3v) is 4.23. The molecule has 0 saturated carbocycles. The summed E-state index contributed by atoms with van der Waals surface area (Å²) in [7, 11) is 1.82. The topological polar surface area (TPSA) is 55.6 Å². The summed E-state index contributed by atoms with van der Waals surface area (Å²) in [5.41, 5.74) is 6.47. The van der Waals surface area contributed by atoms with Crippen molar-refractivity contribution in [3.8, 4) is 0 Å². The zero-order valence-corrected chi connectivity index (χ0v) is 13.8. The molecule has 21 heavy (non-hydrogen) atoms. The van der Waals surface area contributed by atoms with E-state index >= 15 is 0 Å². The molecule has 0 bridgehead atoms. The van der Waals surface area contributed by atoms with E-state index in [1.807, 2.05) is 31.3 Å². The number of amides is 1. The Morgan fingerprint density at radius 1 is 1.33 bits per heavy atom. The van der Waals surface area contributed by atoms with Crippen molar-refractivity contribution in [1.29, 1.82) is 0 Å². The first-order valence-corrected chi connectivity index (χ1v) is 7.23. The molecule has 1 aliphatic rings.